The van der Waals surface area contributed by atoms with E-state index in [-0.39, 0.29) is 18.0 Å². The maximum absolute atomic E-state index is 12.9. The van der Waals surface area contributed by atoms with Crippen LogP contribution in [0.3, 0.4) is 0 Å². The smallest absolute Gasteiger partial charge is 0.261 e. The molecule has 0 aliphatic carbocycles. The number of nitrogens with zero attached hydrogens (tertiary/aromatic N) is 1. The predicted octanol–water partition coefficient (Wildman–Crippen LogP) is 2.72. The largest absolute Gasteiger partial charge is 0.494 e. The van der Waals surface area contributed by atoms with Gasteiger partial charge >= 0.3 is 0 Å². The lowest BCUT2D eigenvalue weighted by Gasteiger charge is -2.22. The van der Waals surface area contributed by atoms with Crippen LogP contribution in [-0.4, -0.2) is 49.6 Å². The fraction of sp³-hybridized carbons (Fsp3) is 0.409. The topological polar surface area (TPSA) is 114 Å². The fourth-order valence-electron chi connectivity index (χ4n) is 3.59. The summed E-state index contributed by atoms with van der Waals surface area (Å²) in [7, 11) is -3.88. The number of rotatable bonds is 10. The van der Waals surface area contributed by atoms with Gasteiger partial charge in [-0.3, -0.25) is 10.0 Å². The zero-order valence-electron chi connectivity index (χ0n) is 18.1. The highest BCUT2D eigenvalue weighted by Gasteiger charge is 2.39. The van der Waals surface area contributed by atoms with Gasteiger partial charge in [0, 0.05) is 12.6 Å². The summed E-state index contributed by atoms with van der Waals surface area (Å²) in [5.74, 6) is 1.14. The lowest BCUT2D eigenvalue weighted by atomic mass is 10.2. The summed E-state index contributed by atoms with van der Waals surface area (Å²) >= 11 is 0. The number of benzene rings is 2. The van der Waals surface area contributed by atoms with E-state index in [0.29, 0.717) is 43.3 Å². The Kier molecular flexibility index (Phi) is 7.94. The van der Waals surface area contributed by atoms with Crippen LogP contribution < -0.4 is 19.7 Å². The summed E-state index contributed by atoms with van der Waals surface area (Å²) in [6.45, 7) is 5.34. The van der Waals surface area contributed by atoms with Crippen molar-refractivity contribution in [2.75, 3.05) is 19.8 Å². The van der Waals surface area contributed by atoms with Gasteiger partial charge in [-0.05, 0) is 68.7 Å². The Morgan fingerprint density at radius 3 is 2.22 bits per heavy atom. The molecule has 0 spiro atoms. The average molecular weight is 465 g/mol. The van der Waals surface area contributed by atoms with E-state index in [1.807, 2.05) is 32.0 Å². The van der Waals surface area contributed by atoms with E-state index in [9.17, 15) is 13.2 Å². The van der Waals surface area contributed by atoms with Crippen molar-refractivity contribution < 1.29 is 32.6 Å². The number of nitrogens with one attached hydrogen (secondary N) is 1. The second-order valence-corrected chi connectivity index (χ2v) is 9.08. The summed E-state index contributed by atoms with van der Waals surface area (Å²) in [6, 6.07) is 10.7. The molecule has 1 amide bonds. The van der Waals surface area contributed by atoms with Crippen LogP contribution in [0.1, 0.15) is 32.3 Å². The van der Waals surface area contributed by atoms with Crippen LogP contribution in [0, 0.1) is 0 Å². The van der Waals surface area contributed by atoms with Crippen molar-refractivity contribution >= 4 is 15.9 Å². The molecular weight excluding hydrogens is 436 g/mol. The Hall–Kier alpha value is -2.82. The third kappa shape index (κ3) is 5.50. The summed E-state index contributed by atoms with van der Waals surface area (Å²) in [6.07, 6.45) is 0.903. The van der Waals surface area contributed by atoms with E-state index in [0.717, 1.165) is 9.87 Å². The van der Waals surface area contributed by atoms with Crippen LogP contribution in [0.25, 0.3) is 0 Å². The van der Waals surface area contributed by atoms with Gasteiger partial charge in [0.15, 0.2) is 0 Å². The number of amides is 1. The summed E-state index contributed by atoms with van der Waals surface area (Å²) < 4.78 is 44.0. The Labute approximate surface area is 187 Å². The molecule has 1 aliphatic heterocycles. The second-order valence-electron chi connectivity index (χ2n) is 7.19. The van der Waals surface area contributed by atoms with Crippen molar-refractivity contribution in [3.63, 3.8) is 0 Å². The number of sulfonamides is 1. The molecular formula is C22H28N2O7S. The third-order valence-electron chi connectivity index (χ3n) is 5.01. The minimum absolute atomic E-state index is 0.0551. The fourth-order valence-corrected chi connectivity index (χ4v) is 5.24. The normalized spacial score (nSPS) is 16.5. The molecule has 1 saturated heterocycles. The Bertz CT molecular complexity index is 1000. The SMILES string of the molecule is CCOc1cc(COc2ccc(S(=O)(=O)N3CCC[C@@H]3C(=O)NO)cc2)cc(OCC)c1. The van der Waals surface area contributed by atoms with Gasteiger partial charge in [0.2, 0.25) is 10.0 Å². The summed E-state index contributed by atoms with van der Waals surface area (Å²) in [5.41, 5.74) is 2.40. The molecule has 3 rings (SSSR count). The Morgan fingerprint density at radius 1 is 1.03 bits per heavy atom. The lowest BCUT2D eigenvalue weighted by molar-refractivity contribution is -0.132. The number of carbonyl (C=O) groups excluding carboxylic acids is 1. The van der Waals surface area contributed by atoms with Crippen molar-refractivity contribution in [2.45, 2.75) is 44.2 Å². The molecule has 1 atom stereocenters. The zero-order valence-corrected chi connectivity index (χ0v) is 18.9. The molecule has 1 aliphatic rings. The molecule has 0 radical (unpaired) electrons. The van der Waals surface area contributed by atoms with Gasteiger partial charge in [-0.25, -0.2) is 13.9 Å². The number of hydrogen-bond donors (Lipinski definition) is 2. The maximum Gasteiger partial charge on any atom is 0.261 e. The molecule has 0 bridgehead atoms. The lowest BCUT2D eigenvalue weighted by Crippen LogP contribution is -2.44. The standard InChI is InChI=1S/C22H28N2O7S/c1-3-29-18-12-16(13-19(14-18)30-4-2)15-31-17-7-9-20(10-8-17)32(27,28)24-11-5-6-21(24)22(25)23-26/h7-10,12-14,21,26H,3-6,11,15H2,1-2H3,(H,23,25)/t21-/m1/s1. The minimum Gasteiger partial charge on any atom is -0.494 e. The minimum atomic E-state index is -3.88. The van der Waals surface area contributed by atoms with Crippen LogP contribution in [0.2, 0.25) is 0 Å². The first-order chi connectivity index (χ1) is 15.4. The number of hydrogen-bond acceptors (Lipinski definition) is 7. The van der Waals surface area contributed by atoms with Crippen molar-refractivity contribution in [3.8, 4) is 17.2 Å². The van der Waals surface area contributed by atoms with Gasteiger partial charge in [-0.2, -0.15) is 4.31 Å². The molecule has 1 fully saturated rings. The van der Waals surface area contributed by atoms with Gasteiger partial charge in [-0.15, -0.1) is 0 Å². The van der Waals surface area contributed by atoms with E-state index >= 15 is 0 Å². The summed E-state index contributed by atoms with van der Waals surface area (Å²) in [4.78, 5) is 11.9. The van der Waals surface area contributed by atoms with Crippen LogP contribution in [0.15, 0.2) is 47.4 Å². The Morgan fingerprint density at radius 2 is 1.66 bits per heavy atom. The van der Waals surface area contributed by atoms with Gasteiger partial charge in [-0.1, -0.05) is 0 Å². The summed E-state index contributed by atoms with van der Waals surface area (Å²) in [5, 5.41) is 8.88. The molecule has 0 saturated carbocycles. The quantitative estimate of drug-likeness (QED) is 0.410. The van der Waals surface area contributed by atoms with Crippen molar-refractivity contribution in [1.29, 1.82) is 0 Å². The van der Waals surface area contributed by atoms with Crippen molar-refractivity contribution in [1.82, 2.24) is 9.79 Å². The van der Waals surface area contributed by atoms with Crippen LogP contribution in [0.5, 0.6) is 17.2 Å². The second kappa shape index (κ2) is 10.7. The van der Waals surface area contributed by atoms with E-state index in [1.165, 1.54) is 12.1 Å². The highest BCUT2D eigenvalue weighted by molar-refractivity contribution is 7.89. The van der Waals surface area contributed by atoms with Crippen molar-refractivity contribution in [2.24, 2.45) is 0 Å². The van der Waals surface area contributed by atoms with Gasteiger partial charge in [0.05, 0.1) is 18.1 Å². The monoisotopic (exact) mass is 464 g/mol. The number of hydroxylamine groups is 1. The van der Waals surface area contributed by atoms with E-state index in [2.05, 4.69) is 0 Å². The average Bonchev–Trinajstić information content (AvgIpc) is 3.29. The number of ether oxygens (including phenoxy) is 3. The highest BCUT2D eigenvalue weighted by Crippen LogP contribution is 2.28. The highest BCUT2D eigenvalue weighted by atomic mass is 32.2. The maximum atomic E-state index is 12.9. The number of carbonyl (C=O) groups is 1. The first kappa shape index (κ1) is 23.8. The van der Waals surface area contributed by atoms with E-state index < -0.39 is 22.0 Å². The first-order valence-electron chi connectivity index (χ1n) is 10.5. The molecule has 32 heavy (non-hydrogen) atoms. The van der Waals surface area contributed by atoms with E-state index in [1.54, 1.807) is 17.6 Å². The molecule has 2 N–H and O–H groups in total. The molecule has 2 aromatic carbocycles. The molecule has 9 nitrogen and oxygen atoms in total. The van der Waals surface area contributed by atoms with Crippen LogP contribution >= 0.6 is 0 Å². The molecule has 0 aromatic heterocycles. The van der Waals surface area contributed by atoms with E-state index in [4.69, 9.17) is 19.4 Å². The van der Waals surface area contributed by atoms with Crippen molar-refractivity contribution in [3.05, 3.63) is 48.0 Å². The molecule has 10 heteroatoms. The third-order valence-corrected chi connectivity index (χ3v) is 6.94. The molecule has 0 unspecified atom stereocenters. The van der Waals surface area contributed by atoms with Gasteiger partial charge < -0.3 is 14.2 Å². The van der Waals surface area contributed by atoms with Crippen LogP contribution in [-0.2, 0) is 21.4 Å². The zero-order chi connectivity index (χ0) is 23.1. The van der Waals surface area contributed by atoms with Gasteiger partial charge in [0.1, 0.15) is 29.9 Å². The van der Waals surface area contributed by atoms with Gasteiger partial charge in [0.25, 0.3) is 5.91 Å². The molecule has 174 valence electrons. The first-order valence-corrected chi connectivity index (χ1v) is 11.9. The molecule has 2 aromatic rings. The Balaban J connectivity index is 1.70. The molecule has 1 heterocycles. The predicted molar refractivity (Wildman–Crippen MR) is 116 cm³/mol. The van der Waals surface area contributed by atoms with Crippen LogP contribution in [0.4, 0.5) is 0 Å².